The van der Waals surface area contributed by atoms with E-state index in [-0.39, 0.29) is 23.0 Å². The molecule has 33 heavy (non-hydrogen) atoms. The number of rotatable bonds is 7. The molecule has 2 aromatic carbocycles. The number of pyridine rings is 1. The lowest BCUT2D eigenvalue weighted by Crippen LogP contribution is -2.32. The Labute approximate surface area is 205 Å². The van der Waals surface area contributed by atoms with E-state index in [1.807, 2.05) is 24.4 Å². The molecule has 0 saturated carbocycles. The molecule has 0 amide bonds. The van der Waals surface area contributed by atoms with Gasteiger partial charge >= 0.3 is 0 Å². The number of aryl methyl sites for hydroxylation is 1. The highest BCUT2D eigenvalue weighted by Crippen LogP contribution is 2.35. The van der Waals surface area contributed by atoms with E-state index >= 15 is 0 Å². The number of hydrogen-bond acceptors (Lipinski definition) is 5. The standard InChI is InChI=1S/C26H30N6.BrH/c27-14-18-10-11-20(21(13-18)15-28)16-32(17-25-30-22-7-1-2-8-23(22)31-25)24-9-3-5-19-6-4-12-29-26(19)24;/h1-2,4,6-8,10-13,24H,3,5,9,14-17,27-28H2,(H,30,31);1H. The van der Waals surface area contributed by atoms with E-state index in [9.17, 15) is 0 Å². The second-order valence-corrected chi connectivity index (χ2v) is 8.57. The highest BCUT2D eigenvalue weighted by Gasteiger charge is 2.28. The van der Waals surface area contributed by atoms with Crippen LogP contribution in [0.15, 0.2) is 60.8 Å². The van der Waals surface area contributed by atoms with Crippen molar-refractivity contribution in [2.24, 2.45) is 11.5 Å². The first-order chi connectivity index (χ1) is 15.7. The Balaban J connectivity index is 0.00000259. The summed E-state index contributed by atoms with van der Waals surface area (Å²) >= 11 is 0. The van der Waals surface area contributed by atoms with Crippen LogP contribution in [0.4, 0.5) is 0 Å². The van der Waals surface area contributed by atoms with Crippen LogP contribution in [-0.2, 0) is 32.6 Å². The third-order valence-electron chi connectivity index (χ3n) is 6.50. The molecular weight excluding hydrogens is 476 g/mol. The van der Waals surface area contributed by atoms with Crippen LogP contribution in [0.25, 0.3) is 11.0 Å². The van der Waals surface area contributed by atoms with Crippen LogP contribution >= 0.6 is 17.0 Å². The Morgan fingerprint density at radius 2 is 1.85 bits per heavy atom. The molecule has 0 bridgehead atoms. The van der Waals surface area contributed by atoms with Gasteiger partial charge in [-0.2, -0.15) is 0 Å². The van der Waals surface area contributed by atoms with Crippen molar-refractivity contribution in [3.63, 3.8) is 0 Å². The Kier molecular flexibility index (Phi) is 7.55. The molecule has 2 aromatic heterocycles. The minimum absolute atomic E-state index is 0. The van der Waals surface area contributed by atoms with E-state index < -0.39 is 0 Å². The quantitative estimate of drug-likeness (QED) is 0.342. The fourth-order valence-corrected chi connectivity index (χ4v) is 4.86. The SMILES string of the molecule is Br.NCc1ccc(CN(Cc2nc3ccccc3[nH]2)C2CCCc3cccnc32)c(CN)c1. The largest absolute Gasteiger partial charge is 0.341 e. The lowest BCUT2D eigenvalue weighted by atomic mass is 9.90. The van der Waals surface area contributed by atoms with Crippen LogP contribution < -0.4 is 11.5 Å². The zero-order chi connectivity index (χ0) is 21.9. The number of benzene rings is 2. The number of nitrogens with one attached hydrogen (secondary N) is 1. The highest BCUT2D eigenvalue weighted by molar-refractivity contribution is 8.93. The third kappa shape index (κ3) is 5.01. The first-order valence-electron chi connectivity index (χ1n) is 11.4. The first-order valence-corrected chi connectivity index (χ1v) is 11.4. The molecule has 0 saturated heterocycles. The molecule has 0 radical (unpaired) electrons. The summed E-state index contributed by atoms with van der Waals surface area (Å²) in [5.74, 6) is 0.974. The highest BCUT2D eigenvalue weighted by atomic mass is 79.9. The summed E-state index contributed by atoms with van der Waals surface area (Å²) in [4.78, 5) is 15.7. The summed E-state index contributed by atoms with van der Waals surface area (Å²) < 4.78 is 0. The molecule has 2 heterocycles. The third-order valence-corrected chi connectivity index (χ3v) is 6.50. The van der Waals surface area contributed by atoms with Gasteiger partial charge in [0.1, 0.15) is 5.82 Å². The second kappa shape index (κ2) is 10.6. The van der Waals surface area contributed by atoms with Gasteiger partial charge in [0, 0.05) is 25.8 Å². The minimum atomic E-state index is 0. The minimum Gasteiger partial charge on any atom is -0.341 e. The first kappa shape index (κ1) is 23.6. The van der Waals surface area contributed by atoms with Crippen molar-refractivity contribution in [1.82, 2.24) is 19.9 Å². The summed E-state index contributed by atoms with van der Waals surface area (Å²) in [6.45, 7) is 2.53. The number of halogens is 1. The molecule has 1 aliphatic carbocycles. The van der Waals surface area contributed by atoms with E-state index in [0.717, 1.165) is 60.3 Å². The Hall–Kier alpha value is -2.58. The van der Waals surface area contributed by atoms with Crippen LogP contribution in [0.3, 0.4) is 0 Å². The molecule has 1 unspecified atom stereocenters. The lowest BCUT2D eigenvalue weighted by Gasteiger charge is -2.35. The number of aromatic amines is 1. The zero-order valence-corrected chi connectivity index (χ0v) is 20.4. The summed E-state index contributed by atoms with van der Waals surface area (Å²) in [5.41, 5.74) is 20.1. The molecule has 5 rings (SSSR count). The average molecular weight is 507 g/mol. The Bertz CT molecular complexity index is 1190. The molecule has 6 nitrogen and oxygen atoms in total. The predicted octanol–water partition coefficient (Wildman–Crippen LogP) is 4.53. The van der Waals surface area contributed by atoms with Gasteiger partial charge in [-0.1, -0.05) is 36.4 Å². The predicted molar refractivity (Wildman–Crippen MR) is 138 cm³/mol. The normalized spacial score (nSPS) is 15.4. The summed E-state index contributed by atoms with van der Waals surface area (Å²) in [7, 11) is 0. The van der Waals surface area contributed by atoms with Crippen molar-refractivity contribution in [2.45, 2.75) is 51.5 Å². The number of nitrogens with zero attached hydrogens (tertiary/aromatic N) is 3. The fourth-order valence-electron chi connectivity index (χ4n) is 4.86. The summed E-state index contributed by atoms with van der Waals surface area (Å²) in [6, 6.07) is 19.1. The smallest absolute Gasteiger partial charge is 0.121 e. The number of imidazole rings is 1. The summed E-state index contributed by atoms with van der Waals surface area (Å²) in [6.07, 6.45) is 5.26. The second-order valence-electron chi connectivity index (χ2n) is 8.57. The number of fused-ring (bicyclic) bond motifs is 2. The van der Waals surface area contributed by atoms with Crippen LogP contribution in [0.1, 0.15) is 52.7 Å². The average Bonchev–Trinajstić information content (AvgIpc) is 3.26. The number of hydrogen-bond donors (Lipinski definition) is 3. The van der Waals surface area contributed by atoms with Gasteiger partial charge in [0.15, 0.2) is 0 Å². The topological polar surface area (TPSA) is 96.8 Å². The van der Waals surface area contributed by atoms with Gasteiger partial charge in [0.2, 0.25) is 0 Å². The monoisotopic (exact) mass is 506 g/mol. The number of nitrogens with two attached hydrogens (primary N) is 2. The van der Waals surface area contributed by atoms with Crippen molar-refractivity contribution in [3.05, 3.63) is 94.6 Å². The molecule has 0 aliphatic heterocycles. The molecule has 1 aliphatic rings. The maximum Gasteiger partial charge on any atom is 0.121 e. The number of para-hydroxylation sites is 2. The van der Waals surface area contributed by atoms with E-state index in [4.69, 9.17) is 21.4 Å². The van der Waals surface area contributed by atoms with E-state index in [1.54, 1.807) is 0 Å². The van der Waals surface area contributed by atoms with Gasteiger partial charge in [-0.15, -0.1) is 17.0 Å². The molecular formula is C26H31BrN6. The Morgan fingerprint density at radius 3 is 2.67 bits per heavy atom. The van der Waals surface area contributed by atoms with E-state index in [1.165, 1.54) is 16.8 Å². The maximum atomic E-state index is 6.12. The van der Waals surface area contributed by atoms with Gasteiger partial charge in [0.05, 0.1) is 29.3 Å². The van der Waals surface area contributed by atoms with Crippen molar-refractivity contribution < 1.29 is 0 Å². The van der Waals surface area contributed by atoms with E-state index in [0.29, 0.717) is 13.1 Å². The molecule has 5 N–H and O–H groups in total. The lowest BCUT2D eigenvalue weighted by molar-refractivity contribution is 0.153. The van der Waals surface area contributed by atoms with Gasteiger partial charge < -0.3 is 16.5 Å². The molecule has 7 heteroatoms. The van der Waals surface area contributed by atoms with E-state index in [2.05, 4.69) is 46.3 Å². The molecule has 4 aromatic rings. The molecule has 172 valence electrons. The maximum absolute atomic E-state index is 6.12. The number of aromatic nitrogens is 3. The molecule has 0 spiro atoms. The van der Waals surface area contributed by atoms with Crippen LogP contribution in [-0.4, -0.2) is 19.9 Å². The van der Waals surface area contributed by atoms with Crippen molar-refractivity contribution in [2.75, 3.05) is 0 Å². The van der Waals surface area contributed by atoms with Gasteiger partial charge in [0.25, 0.3) is 0 Å². The van der Waals surface area contributed by atoms with Crippen LogP contribution in [0.5, 0.6) is 0 Å². The van der Waals surface area contributed by atoms with Crippen molar-refractivity contribution in [3.8, 4) is 0 Å². The fraction of sp³-hybridized carbons (Fsp3) is 0.308. The molecule has 1 atom stereocenters. The number of H-pyrrole nitrogens is 1. The van der Waals surface area contributed by atoms with Gasteiger partial charge in [-0.25, -0.2) is 4.98 Å². The molecule has 0 fully saturated rings. The van der Waals surface area contributed by atoms with Crippen molar-refractivity contribution >= 4 is 28.0 Å². The zero-order valence-electron chi connectivity index (χ0n) is 18.7. The van der Waals surface area contributed by atoms with Crippen molar-refractivity contribution in [1.29, 1.82) is 0 Å². The summed E-state index contributed by atoms with van der Waals surface area (Å²) in [5, 5.41) is 0. The van der Waals surface area contributed by atoms with Gasteiger partial charge in [-0.05, 0) is 59.7 Å². The van der Waals surface area contributed by atoms with Gasteiger partial charge in [-0.3, -0.25) is 9.88 Å². The Morgan fingerprint density at radius 1 is 0.970 bits per heavy atom. The van der Waals surface area contributed by atoms with Crippen LogP contribution in [0, 0.1) is 0 Å². The van der Waals surface area contributed by atoms with Crippen LogP contribution in [0.2, 0.25) is 0 Å².